The van der Waals surface area contributed by atoms with Crippen LogP contribution in [0.25, 0.3) is 0 Å². The molecule has 0 heterocycles. The van der Waals surface area contributed by atoms with Gasteiger partial charge in [0.15, 0.2) is 0 Å². The molecular weight excluding hydrogens is 366 g/mol. The van der Waals surface area contributed by atoms with Crippen molar-refractivity contribution in [1.29, 1.82) is 0 Å². The fourth-order valence-electron chi connectivity index (χ4n) is 0.882. The molecule has 0 fully saturated rings. The van der Waals surface area contributed by atoms with Crippen molar-refractivity contribution in [3.8, 4) is 5.75 Å². The summed E-state index contributed by atoms with van der Waals surface area (Å²) in [6, 6.07) is 4.23. The molecule has 0 saturated heterocycles. The minimum atomic E-state index is 0.983. The molecule has 60 valence electrons. The first kappa shape index (κ1) is 9.57. The third kappa shape index (κ3) is 2.21. The Bertz CT molecular complexity index is 248. The molecule has 0 saturated carbocycles. The fourth-order valence-corrected chi connectivity index (χ4v) is 3.40. The molecule has 0 aliphatic rings. The molecule has 0 aromatic heterocycles. The number of rotatable bonds is 1. The second-order valence-corrected chi connectivity index (χ2v) is 4.59. The molecule has 1 nitrogen and oxygen atoms in total. The predicted molar refractivity (Wildman–Crippen MR) is 63.2 cm³/mol. The fraction of sp³-hybridized carbons (Fsp3) is 0.250. The topological polar surface area (TPSA) is 9.23 Å². The van der Waals surface area contributed by atoms with E-state index in [-0.39, 0.29) is 0 Å². The lowest BCUT2D eigenvalue weighted by molar-refractivity contribution is 0.408. The molecule has 0 bridgehead atoms. The number of halogens is 2. The van der Waals surface area contributed by atoms with Crippen LogP contribution in [0, 0.1) is 14.1 Å². The van der Waals surface area contributed by atoms with Crippen LogP contribution in [-0.4, -0.2) is 7.11 Å². The summed E-state index contributed by atoms with van der Waals surface area (Å²) < 4.78 is 7.57. The zero-order valence-electron chi connectivity index (χ0n) is 6.32. The first-order valence-electron chi connectivity index (χ1n) is 3.15. The van der Waals surface area contributed by atoms with Crippen LogP contribution < -0.4 is 4.74 Å². The molecular formula is C8H8I2O. The maximum absolute atomic E-state index is 5.22. The number of aryl methyl sites for hydroxylation is 1. The molecule has 1 aromatic rings. The summed E-state index contributed by atoms with van der Waals surface area (Å²) in [7, 11) is 1.70. The lowest BCUT2D eigenvalue weighted by Crippen LogP contribution is -1.91. The van der Waals surface area contributed by atoms with E-state index in [9.17, 15) is 0 Å². The number of ether oxygens (including phenoxy) is 1. The van der Waals surface area contributed by atoms with E-state index in [4.69, 9.17) is 4.74 Å². The third-order valence-electron chi connectivity index (χ3n) is 1.35. The summed E-state index contributed by atoms with van der Waals surface area (Å²) >= 11 is 4.56. The number of methoxy groups -OCH3 is 1. The SMILES string of the molecule is COc1c(I)cc(C)cc1I. The van der Waals surface area contributed by atoms with E-state index >= 15 is 0 Å². The number of hydrogen-bond donors (Lipinski definition) is 0. The van der Waals surface area contributed by atoms with E-state index in [1.165, 1.54) is 12.7 Å². The summed E-state index contributed by atoms with van der Waals surface area (Å²) in [5.41, 5.74) is 1.28. The van der Waals surface area contributed by atoms with Crippen molar-refractivity contribution < 1.29 is 4.74 Å². The van der Waals surface area contributed by atoms with Gasteiger partial charge in [-0.05, 0) is 69.8 Å². The first-order chi connectivity index (χ1) is 5.15. The normalized spacial score (nSPS) is 9.82. The van der Waals surface area contributed by atoms with E-state index < -0.39 is 0 Å². The minimum Gasteiger partial charge on any atom is -0.495 e. The average molecular weight is 374 g/mol. The van der Waals surface area contributed by atoms with Crippen LogP contribution in [0.1, 0.15) is 5.56 Å². The number of hydrogen-bond acceptors (Lipinski definition) is 1. The van der Waals surface area contributed by atoms with Gasteiger partial charge < -0.3 is 4.74 Å². The van der Waals surface area contributed by atoms with Crippen molar-refractivity contribution in [1.82, 2.24) is 0 Å². The van der Waals surface area contributed by atoms with Crippen molar-refractivity contribution in [3.63, 3.8) is 0 Å². The van der Waals surface area contributed by atoms with Crippen molar-refractivity contribution >= 4 is 45.2 Å². The van der Waals surface area contributed by atoms with E-state index in [1.807, 2.05) is 0 Å². The van der Waals surface area contributed by atoms with Crippen LogP contribution in [0.5, 0.6) is 5.75 Å². The zero-order valence-corrected chi connectivity index (χ0v) is 10.6. The van der Waals surface area contributed by atoms with Gasteiger partial charge in [0.2, 0.25) is 0 Å². The Kier molecular flexibility index (Phi) is 3.42. The molecule has 11 heavy (non-hydrogen) atoms. The van der Waals surface area contributed by atoms with E-state index in [2.05, 4.69) is 64.2 Å². The van der Waals surface area contributed by atoms with Gasteiger partial charge in [0, 0.05) is 0 Å². The van der Waals surface area contributed by atoms with Crippen LogP contribution in [0.4, 0.5) is 0 Å². The molecule has 1 rings (SSSR count). The summed E-state index contributed by atoms with van der Waals surface area (Å²) in [4.78, 5) is 0. The average Bonchev–Trinajstić information content (AvgIpc) is 1.85. The highest BCUT2D eigenvalue weighted by Crippen LogP contribution is 2.27. The van der Waals surface area contributed by atoms with E-state index in [1.54, 1.807) is 7.11 Å². The van der Waals surface area contributed by atoms with Crippen LogP contribution in [0.15, 0.2) is 12.1 Å². The second kappa shape index (κ2) is 3.93. The Morgan fingerprint density at radius 3 is 2.00 bits per heavy atom. The lowest BCUT2D eigenvalue weighted by atomic mass is 10.2. The summed E-state index contributed by atoms with van der Waals surface area (Å²) in [5, 5.41) is 0. The maximum Gasteiger partial charge on any atom is 0.145 e. The van der Waals surface area contributed by atoms with E-state index in [0.717, 1.165) is 5.75 Å². The van der Waals surface area contributed by atoms with Crippen LogP contribution in [-0.2, 0) is 0 Å². The molecule has 0 unspecified atom stereocenters. The van der Waals surface area contributed by atoms with Gasteiger partial charge in [-0.2, -0.15) is 0 Å². The van der Waals surface area contributed by atoms with Crippen molar-refractivity contribution in [2.24, 2.45) is 0 Å². The van der Waals surface area contributed by atoms with Crippen molar-refractivity contribution in [2.45, 2.75) is 6.92 Å². The lowest BCUT2D eigenvalue weighted by Gasteiger charge is -2.06. The van der Waals surface area contributed by atoms with Gasteiger partial charge in [0.05, 0.1) is 14.3 Å². The van der Waals surface area contributed by atoms with Crippen LogP contribution in [0.2, 0.25) is 0 Å². The van der Waals surface area contributed by atoms with Crippen LogP contribution in [0.3, 0.4) is 0 Å². The quantitative estimate of drug-likeness (QED) is 0.687. The Hall–Kier alpha value is 0.480. The Morgan fingerprint density at radius 1 is 1.18 bits per heavy atom. The van der Waals surface area contributed by atoms with Crippen molar-refractivity contribution in [2.75, 3.05) is 7.11 Å². The Morgan fingerprint density at radius 2 is 1.64 bits per heavy atom. The summed E-state index contributed by atoms with van der Waals surface area (Å²) in [6.07, 6.45) is 0. The zero-order chi connectivity index (χ0) is 8.43. The van der Waals surface area contributed by atoms with Gasteiger partial charge in [-0.15, -0.1) is 0 Å². The summed E-state index contributed by atoms with van der Waals surface area (Å²) in [5.74, 6) is 0.983. The monoisotopic (exact) mass is 374 g/mol. The van der Waals surface area contributed by atoms with Gasteiger partial charge >= 0.3 is 0 Å². The van der Waals surface area contributed by atoms with Gasteiger partial charge in [0.1, 0.15) is 5.75 Å². The molecule has 3 heteroatoms. The first-order valence-corrected chi connectivity index (χ1v) is 5.30. The molecule has 0 aliphatic carbocycles. The van der Waals surface area contributed by atoms with Crippen molar-refractivity contribution in [3.05, 3.63) is 24.8 Å². The third-order valence-corrected chi connectivity index (χ3v) is 2.95. The molecule has 0 N–H and O–H groups in total. The standard InChI is InChI=1S/C8H8I2O/c1-5-3-6(9)8(11-2)7(10)4-5/h3-4H,1-2H3. The molecule has 1 aromatic carbocycles. The maximum atomic E-state index is 5.22. The second-order valence-electron chi connectivity index (χ2n) is 2.26. The molecule has 0 aliphatic heterocycles. The Balaban J connectivity index is 3.25. The highest BCUT2D eigenvalue weighted by molar-refractivity contribution is 14.1. The smallest absolute Gasteiger partial charge is 0.145 e. The number of benzene rings is 1. The van der Waals surface area contributed by atoms with Gasteiger partial charge in [-0.3, -0.25) is 0 Å². The van der Waals surface area contributed by atoms with Gasteiger partial charge in [-0.1, -0.05) is 0 Å². The minimum absolute atomic E-state index is 0.983. The van der Waals surface area contributed by atoms with E-state index in [0.29, 0.717) is 0 Å². The van der Waals surface area contributed by atoms with Gasteiger partial charge in [0.25, 0.3) is 0 Å². The van der Waals surface area contributed by atoms with Gasteiger partial charge in [-0.25, -0.2) is 0 Å². The largest absolute Gasteiger partial charge is 0.495 e. The predicted octanol–water partition coefficient (Wildman–Crippen LogP) is 3.21. The molecule has 0 spiro atoms. The summed E-state index contributed by atoms with van der Waals surface area (Å²) in [6.45, 7) is 2.09. The molecule has 0 radical (unpaired) electrons. The Labute approximate surface area is 93.8 Å². The molecule has 0 atom stereocenters. The van der Waals surface area contributed by atoms with Crippen LogP contribution >= 0.6 is 45.2 Å². The highest BCUT2D eigenvalue weighted by atomic mass is 127. The highest BCUT2D eigenvalue weighted by Gasteiger charge is 2.04. The molecule has 0 amide bonds.